The van der Waals surface area contributed by atoms with Gasteiger partial charge in [-0.1, -0.05) is 25.3 Å². The molecule has 2 aliphatic rings. The van der Waals surface area contributed by atoms with Crippen LogP contribution >= 0.6 is 0 Å². The highest BCUT2D eigenvalue weighted by Gasteiger charge is 2.31. The lowest BCUT2D eigenvalue weighted by molar-refractivity contribution is -0.137. The molecule has 1 saturated carbocycles. The summed E-state index contributed by atoms with van der Waals surface area (Å²) in [7, 11) is 0. The maximum absolute atomic E-state index is 12.8. The number of piperazine rings is 1. The summed E-state index contributed by atoms with van der Waals surface area (Å²) in [6, 6.07) is 9.50. The third-order valence-electron chi connectivity index (χ3n) is 8.24. The van der Waals surface area contributed by atoms with Crippen molar-refractivity contribution in [3.8, 4) is 5.75 Å². The number of hydrogen-bond acceptors (Lipinski definition) is 4. The van der Waals surface area contributed by atoms with Crippen molar-refractivity contribution in [2.45, 2.75) is 71.1 Å². The largest absolute Gasteiger partial charge is 0.492 e. The quantitative estimate of drug-likeness (QED) is 0.416. The van der Waals surface area contributed by atoms with Gasteiger partial charge in [-0.15, -0.1) is 0 Å². The van der Waals surface area contributed by atoms with E-state index in [1.54, 1.807) is 4.90 Å². The Hall–Kier alpha value is -2.58. The monoisotopic (exact) mass is 531 g/mol. The Morgan fingerprint density at radius 2 is 1.63 bits per heavy atom. The highest BCUT2D eigenvalue weighted by molar-refractivity contribution is 5.94. The van der Waals surface area contributed by atoms with Gasteiger partial charge in [0.15, 0.2) is 0 Å². The van der Waals surface area contributed by atoms with E-state index in [0.717, 1.165) is 30.0 Å². The van der Waals surface area contributed by atoms with Crippen LogP contribution in [-0.2, 0) is 6.18 Å². The van der Waals surface area contributed by atoms with Crippen LogP contribution in [0.4, 0.5) is 13.2 Å². The van der Waals surface area contributed by atoms with Crippen LogP contribution in [0.25, 0.3) is 0 Å². The van der Waals surface area contributed by atoms with Gasteiger partial charge in [-0.05, 0) is 80.6 Å². The van der Waals surface area contributed by atoms with E-state index < -0.39 is 11.7 Å². The second-order valence-corrected chi connectivity index (χ2v) is 10.6. The van der Waals surface area contributed by atoms with E-state index in [2.05, 4.69) is 43.1 Å². The van der Waals surface area contributed by atoms with E-state index in [0.29, 0.717) is 38.8 Å². The number of nitrogens with one attached hydrogen (secondary N) is 1. The molecule has 2 fully saturated rings. The molecule has 0 bridgehead atoms. The summed E-state index contributed by atoms with van der Waals surface area (Å²) < 4.78 is 44.6. The fraction of sp³-hybridized carbons (Fsp3) is 0.567. The topological polar surface area (TPSA) is 44.8 Å². The lowest BCUT2D eigenvalue weighted by Crippen LogP contribution is -2.49. The summed E-state index contributed by atoms with van der Waals surface area (Å²) in [6.45, 7) is 10.4. The fourth-order valence-corrected chi connectivity index (χ4v) is 5.65. The van der Waals surface area contributed by atoms with Crippen LogP contribution in [0.15, 0.2) is 36.4 Å². The Morgan fingerprint density at radius 1 is 0.974 bits per heavy atom. The maximum atomic E-state index is 12.8. The predicted octanol–water partition coefficient (Wildman–Crippen LogP) is 6.14. The number of benzene rings is 2. The van der Waals surface area contributed by atoms with Crippen LogP contribution in [0.3, 0.4) is 0 Å². The smallest absolute Gasteiger partial charge is 0.416 e. The molecular weight excluding hydrogens is 491 g/mol. The van der Waals surface area contributed by atoms with E-state index in [1.807, 2.05) is 0 Å². The van der Waals surface area contributed by atoms with Gasteiger partial charge in [0.05, 0.1) is 5.56 Å². The van der Waals surface area contributed by atoms with Crippen LogP contribution in [0.5, 0.6) is 5.75 Å². The molecule has 1 N–H and O–H groups in total. The molecule has 1 amide bonds. The highest BCUT2D eigenvalue weighted by Crippen LogP contribution is 2.32. The number of rotatable bonds is 8. The zero-order chi connectivity index (χ0) is 27.3. The highest BCUT2D eigenvalue weighted by atomic mass is 19.4. The molecule has 4 rings (SSSR count). The molecule has 5 nitrogen and oxygen atoms in total. The van der Waals surface area contributed by atoms with E-state index in [4.69, 9.17) is 4.74 Å². The van der Waals surface area contributed by atoms with Gasteiger partial charge in [0, 0.05) is 50.4 Å². The molecule has 0 spiro atoms. The van der Waals surface area contributed by atoms with Gasteiger partial charge in [-0.3, -0.25) is 9.69 Å². The van der Waals surface area contributed by atoms with Gasteiger partial charge in [0.25, 0.3) is 5.91 Å². The van der Waals surface area contributed by atoms with Gasteiger partial charge in [0.1, 0.15) is 12.4 Å². The molecule has 8 heteroatoms. The van der Waals surface area contributed by atoms with Gasteiger partial charge < -0.3 is 15.0 Å². The van der Waals surface area contributed by atoms with Crippen molar-refractivity contribution < 1.29 is 22.7 Å². The van der Waals surface area contributed by atoms with Gasteiger partial charge in [0.2, 0.25) is 0 Å². The summed E-state index contributed by atoms with van der Waals surface area (Å²) in [5.41, 5.74) is 3.17. The average molecular weight is 532 g/mol. The van der Waals surface area contributed by atoms with Crippen molar-refractivity contribution >= 4 is 5.91 Å². The van der Waals surface area contributed by atoms with Crippen LogP contribution in [0, 0.1) is 13.8 Å². The van der Waals surface area contributed by atoms with Crippen molar-refractivity contribution in [2.24, 2.45) is 0 Å². The molecule has 1 aliphatic heterocycles. The predicted molar refractivity (Wildman–Crippen MR) is 144 cm³/mol. The first-order valence-electron chi connectivity index (χ1n) is 13.8. The number of halogens is 3. The number of ether oxygens (including phenoxy) is 1. The fourth-order valence-electron chi connectivity index (χ4n) is 5.65. The summed E-state index contributed by atoms with van der Waals surface area (Å²) in [4.78, 5) is 16.9. The van der Waals surface area contributed by atoms with Crippen LogP contribution in [-0.4, -0.2) is 61.1 Å². The molecule has 38 heavy (non-hydrogen) atoms. The van der Waals surface area contributed by atoms with Gasteiger partial charge in [-0.25, -0.2) is 0 Å². The Balaban J connectivity index is 1.28. The number of alkyl halides is 3. The van der Waals surface area contributed by atoms with Gasteiger partial charge >= 0.3 is 6.18 Å². The first-order valence-corrected chi connectivity index (χ1v) is 13.8. The van der Waals surface area contributed by atoms with Crippen LogP contribution in [0.2, 0.25) is 0 Å². The summed E-state index contributed by atoms with van der Waals surface area (Å²) in [5.74, 6) is 0.702. The van der Waals surface area contributed by atoms with E-state index in [1.165, 1.54) is 55.4 Å². The summed E-state index contributed by atoms with van der Waals surface area (Å²) in [5, 5.41) is 3.62. The van der Waals surface area contributed by atoms with Gasteiger partial charge in [-0.2, -0.15) is 13.2 Å². The molecule has 2 aromatic rings. The molecule has 1 saturated heterocycles. The van der Waals surface area contributed by atoms with Crippen molar-refractivity contribution in [1.82, 2.24) is 15.1 Å². The first kappa shape index (κ1) is 28.4. The van der Waals surface area contributed by atoms with Crippen LogP contribution < -0.4 is 10.1 Å². The van der Waals surface area contributed by atoms with E-state index in [-0.39, 0.29) is 17.5 Å². The first-order chi connectivity index (χ1) is 18.1. The lowest BCUT2D eigenvalue weighted by Gasteiger charge is -2.39. The number of amides is 1. The molecule has 1 atom stereocenters. The van der Waals surface area contributed by atoms with Crippen molar-refractivity contribution in [2.75, 3.05) is 39.3 Å². The second-order valence-electron chi connectivity index (χ2n) is 10.6. The SMILES string of the molecule is Cc1c(OCCNC2CCCCC2)ccc(C(C)N2CCN(C(=O)c3ccc(C(F)(F)F)cc3)CC2)c1C. The van der Waals surface area contributed by atoms with Crippen molar-refractivity contribution in [3.05, 3.63) is 64.2 Å². The van der Waals surface area contributed by atoms with E-state index >= 15 is 0 Å². The zero-order valence-corrected chi connectivity index (χ0v) is 22.7. The zero-order valence-electron chi connectivity index (χ0n) is 22.7. The Bertz CT molecular complexity index is 1070. The Kier molecular flexibility index (Phi) is 9.36. The molecule has 0 radical (unpaired) electrons. The van der Waals surface area contributed by atoms with Crippen LogP contribution in [0.1, 0.15) is 77.7 Å². The number of nitrogens with zero attached hydrogens (tertiary/aromatic N) is 2. The standard InChI is InChI=1S/C30H40F3N3O2/c1-21-22(2)28(38-20-15-34-26-7-5-4-6-8-26)14-13-27(21)23(3)35-16-18-36(19-17-35)29(37)24-9-11-25(12-10-24)30(31,32)33/h9-14,23,26,34H,4-8,15-20H2,1-3H3. The second kappa shape index (κ2) is 12.5. The maximum Gasteiger partial charge on any atom is 0.416 e. The Labute approximate surface area is 224 Å². The normalized spacial score (nSPS) is 18.4. The molecule has 208 valence electrons. The summed E-state index contributed by atoms with van der Waals surface area (Å²) >= 11 is 0. The van der Waals surface area contributed by atoms with Crippen molar-refractivity contribution in [3.63, 3.8) is 0 Å². The third-order valence-corrected chi connectivity index (χ3v) is 8.24. The van der Waals surface area contributed by atoms with Crippen molar-refractivity contribution in [1.29, 1.82) is 0 Å². The summed E-state index contributed by atoms with van der Waals surface area (Å²) in [6.07, 6.45) is 2.12. The third kappa shape index (κ3) is 6.89. The minimum atomic E-state index is -4.41. The molecule has 0 aromatic heterocycles. The van der Waals surface area contributed by atoms with E-state index in [9.17, 15) is 18.0 Å². The number of hydrogen-bond donors (Lipinski definition) is 1. The minimum Gasteiger partial charge on any atom is -0.492 e. The number of carbonyl (C=O) groups excluding carboxylic acids is 1. The molecular formula is C30H40F3N3O2. The Morgan fingerprint density at radius 3 is 2.26 bits per heavy atom. The molecule has 1 heterocycles. The lowest BCUT2D eigenvalue weighted by atomic mass is 9.95. The average Bonchev–Trinajstić information content (AvgIpc) is 2.93. The number of carbonyl (C=O) groups is 1. The molecule has 2 aromatic carbocycles. The molecule has 1 unspecified atom stereocenters. The minimum absolute atomic E-state index is 0.180. The molecule has 1 aliphatic carbocycles.